The van der Waals surface area contributed by atoms with E-state index in [1.807, 2.05) is 12.1 Å². The second-order valence-electron chi connectivity index (χ2n) is 9.53. The highest BCUT2D eigenvalue weighted by molar-refractivity contribution is 6.35. The Balaban J connectivity index is 1.39. The van der Waals surface area contributed by atoms with Gasteiger partial charge >= 0.3 is 24.0 Å². The summed E-state index contributed by atoms with van der Waals surface area (Å²) in [7, 11) is 1.35. The summed E-state index contributed by atoms with van der Waals surface area (Å²) in [6.45, 7) is -1.12. The highest BCUT2D eigenvalue weighted by atomic mass is 35.5. The standard InChI is InChI=1S/C27H28ClF3N8O4/c1-32-21(41)22(42)34-14-2-13-33-20(40)16-3-9-19(10-4-16)35-23-36-24(38-25(37-23)43-15-27(29,30)31)39-26(11-12-26)17-5-7-18(28)8-6-17/h3-10H,2,11-15H2,1H3,(H,32,41)(H,33,40)(H,34,42)(H2,35,36,37,38,39). The van der Waals surface area contributed by atoms with Gasteiger partial charge < -0.3 is 31.3 Å². The van der Waals surface area contributed by atoms with Gasteiger partial charge in [-0.25, -0.2) is 0 Å². The van der Waals surface area contributed by atoms with Crippen molar-refractivity contribution in [2.24, 2.45) is 0 Å². The molecule has 4 rings (SSSR count). The fourth-order valence-electron chi connectivity index (χ4n) is 3.90. The molecule has 1 aliphatic carbocycles. The van der Waals surface area contributed by atoms with E-state index in [1.54, 1.807) is 24.3 Å². The van der Waals surface area contributed by atoms with Crippen molar-refractivity contribution in [2.45, 2.75) is 31.0 Å². The van der Waals surface area contributed by atoms with Crippen LogP contribution in [0.4, 0.5) is 30.8 Å². The smallest absolute Gasteiger partial charge is 0.422 e. The number of carbonyl (C=O) groups is 3. The van der Waals surface area contributed by atoms with E-state index in [2.05, 4.69) is 41.5 Å². The van der Waals surface area contributed by atoms with Crippen LogP contribution in [0.15, 0.2) is 48.5 Å². The Bertz CT molecular complexity index is 1450. The molecule has 0 atom stereocenters. The Morgan fingerprint density at radius 2 is 1.56 bits per heavy atom. The van der Waals surface area contributed by atoms with E-state index in [9.17, 15) is 27.6 Å². The summed E-state index contributed by atoms with van der Waals surface area (Å²) in [5, 5.41) is 14.0. The summed E-state index contributed by atoms with van der Waals surface area (Å²) >= 11 is 6.00. The molecule has 43 heavy (non-hydrogen) atoms. The van der Waals surface area contributed by atoms with Crippen molar-refractivity contribution in [1.29, 1.82) is 0 Å². The first-order chi connectivity index (χ1) is 20.5. The largest absolute Gasteiger partial charge is 0.454 e. The van der Waals surface area contributed by atoms with Crippen LogP contribution in [-0.2, 0) is 15.1 Å². The lowest BCUT2D eigenvalue weighted by Gasteiger charge is -2.19. The minimum atomic E-state index is -4.59. The summed E-state index contributed by atoms with van der Waals surface area (Å²) in [5.74, 6) is -1.93. The lowest BCUT2D eigenvalue weighted by Crippen LogP contribution is -2.39. The van der Waals surface area contributed by atoms with Crippen molar-refractivity contribution in [3.05, 3.63) is 64.7 Å². The van der Waals surface area contributed by atoms with E-state index < -0.39 is 36.1 Å². The number of benzene rings is 2. The van der Waals surface area contributed by atoms with Gasteiger partial charge in [0.05, 0.1) is 5.54 Å². The number of hydrogen-bond donors (Lipinski definition) is 5. The first-order valence-electron chi connectivity index (χ1n) is 13.1. The van der Waals surface area contributed by atoms with Gasteiger partial charge in [-0.2, -0.15) is 28.1 Å². The molecule has 0 aliphatic heterocycles. The van der Waals surface area contributed by atoms with E-state index in [1.165, 1.54) is 19.2 Å². The van der Waals surface area contributed by atoms with Crippen LogP contribution in [0.5, 0.6) is 6.01 Å². The average molecular weight is 621 g/mol. The maximum atomic E-state index is 12.8. The third-order valence-electron chi connectivity index (χ3n) is 6.24. The molecule has 12 nitrogen and oxygen atoms in total. The quantitative estimate of drug-likeness (QED) is 0.151. The molecule has 1 saturated carbocycles. The van der Waals surface area contributed by atoms with Gasteiger partial charge in [0.25, 0.3) is 5.91 Å². The molecule has 1 aromatic heterocycles. The number of alkyl halides is 3. The van der Waals surface area contributed by atoms with E-state index in [0.29, 0.717) is 22.7 Å². The zero-order valence-corrected chi connectivity index (χ0v) is 23.6. The summed E-state index contributed by atoms with van der Waals surface area (Å²) in [4.78, 5) is 47.3. The first-order valence-corrected chi connectivity index (χ1v) is 13.5. The van der Waals surface area contributed by atoms with E-state index >= 15 is 0 Å². The summed E-state index contributed by atoms with van der Waals surface area (Å²) in [6, 6.07) is 12.9. The fraction of sp³-hybridized carbons (Fsp3) is 0.333. The molecule has 0 spiro atoms. The van der Waals surface area contributed by atoms with Crippen LogP contribution in [0.1, 0.15) is 35.2 Å². The number of amides is 3. The Kier molecular flexibility index (Phi) is 9.85. The molecule has 0 unspecified atom stereocenters. The molecule has 1 aliphatic rings. The number of aromatic nitrogens is 3. The summed E-state index contributed by atoms with van der Waals surface area (Å²) in [6.07, 6.45) is -2.70. The summed E-state index contributed by atoms with van der Waals surface area (Å²) in [5.41, 5.74) is 1.21. The maximum Gasteiger partial charge on any atom is 0.422 e. The number of nitrogens with one attached hydrogen (secondary N) is 5. The van der Waals surface area contributed by atoms with Gasteiger partial charge in [0.1, 0.15) is 0 Å². The molecule has 16 heteroatoms. The van der Waals surface area contributed by atoms with Gasteiger partial charge in [-0.15, -0.1) is 0 Å². The Morgan fingerprint density at radius 3 is 2.19 bits per heavy atom. The molecule has 2 aromatic carbocycles. The first kappa shape index (κ1) is 31.3. The van der Waals surface area contributed by atoms with E-state index in [0.717, 1.165) is 18.4 Å². The monoisotopic (exact) mass is 620 g/mol. The maximum absolute atomic E-state index is 12.8. The van der Waals surface area contributed by atoms with Crippen molar-refractivity contribution in [1.82, 2.24) is 30.9 Å². The predicted molar refractivity (Wildman–Crippen MR) is 151 cm³/mol. The molecule has 3 amide bonds. The van der Waals surface area contributed by atoms with Crippen molar-refractivity contribution in [2.75, 3.05) is 37.4 Å². The van der Waals surface area contributed by atoms with Gasteiger partial charge in [0, 0.05) is 36.4 Å². The normalized spacial score (nSPS) is 13.4. The molecule has 0 bridgehead atoms. The van der Waals surface area contributed by atoms with Crippen LogP contribution < -0.4 is 31.3 Å². The van der Waals surface area contributed by atoms with Gasteiger partial charge in [-0.05, 0) is 61.2 Å². The highest BCUT2D eigenvalue weighted by Crippen LogP contribution is 2.48. The Hall–Kier alpha value is -4.66. The van der Waals surface area contributed by atoms with Crippen LogP contribution in [0.25, 0.3) is 0 Å². The third kappa shape index (κ3) is 9.16. The SMILES string of the molecule is CNC(=O)C(=O)NCCCNC(=O)c1ccc(Nc2nc(NC3(c4ccc(Cl)cc4)CC3)nc(OCC(F)(F)F)n2)cc1. The molecule has 1 fully saturated rings. The Morgan fingerprint density at radius 1 is 0.907 bits per heavy atom. The van der Waals surface area contributed by atoms with Crippen LogP contribution in [0, 0.1) is 0 Å². The second kappa shape index (κ2) is 13.5. The number of likely N-dealkylation sites (N-methyl/N-ethyl adjacent to an activating group) is 1. The van der Waals surface area contributed by atoms with Crippen LogP contribution in [0.3, 0.4) is 0 Å². The average Bonchev–Trinajstić information content (AvgIpc) is 3.75. The molecule has 0 radical (unpaired) electrons. The molecule has 228 valence electrons. The van der Waals surface area contributed by atoms with Crippen LogP contribution in [0.2, 0.25) is 5.02 Å². The summed E-state index contributed by atoms with van der Waals surface area (Å²) < 4.78 is 43.2. The van der Waals surface area contributed by atoms with Gasteiger partial charge in [0.15, 0.2) is 6.61 Å². The number of halogens is 4. The lowest BCUT2D eigenvalue weighted by molar-refractivity contribution is -0.154. The highest BCUT2D eigenvalue weighted by Gasteiger charge is 2.45. The third-order valence-corrected chi connectivity index (χ3v) is 6.49. The minimum absolute atomic E-state index is 0.0182. The number of carbonyl (C=O) groups excluding carboxylic acids is 3. The molecule has 0 saturated heterocycles. The van der Waals surface area contributed by atoms with Gasteiger partial charge in [-0.1, -0.05) is 23.7 Å². The topological polar surface area (TPSA) is 159 Å². The second-order valence-corrected chi connectivity index (χ2v) is 9.97. The fourth-order valence-corrected chi connectivity index (χ4v) is 4.02. The Labute approximate surface area is 249 Å². The van der Waals surface area contributed by atoms with Gasteiger partial charge in [-0.3, -0.25) is 14.4 Å². The predicted octanol–water partition coefficient (Wildman–Crippen LogP) is 3.29. The number of nitrogens with zero attached hydrogens (tertiary/aromatic N) is 3. The number of anilines is 3. The molecular weight excluding hydrogens is 593 g/mol. The van der Waals surface area contributed by atoms with Crippen molar-refractivity contribution >= 4 is 46.9 Å². The zero-order valence-electron chi connectivity index (χ0n) is 22.8. The van der Waals surface area contributed by atoms with E-state index in [-0.39, 0.29) is 30.9 Å². The number of rotatable bonds is 12. The van der Waals surface area contributed by atoms with E-state index in [4.69, 9.17) is 16.3 Å². The van der Waals surface area contributed by atoms with Crippen LogP contribution in [-0.4, -0.2) is 65.6 Å². The van der Waals surface area contributed by atoms with Crippen LogP contribution >= 0.6 is 11.6 Å². The van der Waals surface area contributed by atoms with Crippen molar-refractivity contribution in [3.8, 4) is 6.01 Å². The molecule has 1 heterocycles. The van der Waals surface area contributed by atoms with Gasteiger partial charge in [0.2, 0.25) is 11.9 Å². The minimum Gasteiger partial charge on any atom is -0.454 e. The molecular formula is C27H28ClF3N8O4. The lowest BCUT2D eigenvalue weighted by atomic mass is 10.1. The van der Waals surface area contributed by atoms with Crippen molar-refractivity contribution in [3.63, 3.8) is 0 Å². The molecule has 3 aromatic rings. The number of hydrogen-bond acceptors (Lipinski definition) is 9. The molecule has 5 N–H and O–H groups in total. The number of ether oxygens (including phenoxy) is 1. The zero-order chi connectivity index (χ0) is 31.0. The van der Waals surface area contributed by atoms with Crippen molar-refractivity contribution < 1.29 is 32.3 Å².